The number of halogens is 1. The molecular weight excluding hydrogens is 540 g/mol. The van der Waals surface area contributed by atoms with Crippen molar-refractivity contribution < 1.29 is 0 Å². The van der Waals surface area contributed by atoms with E-state index >= 15 is 0 Å². The van der Waals surface area contributed by atoms with E-state index in [-0.39, 0.29) is 0 Å². The summed E-state index contributed by atoms with van der Waals surface area (Å²) in [6.07, 6.45) is 0. The van der Waals surface area contributed by atoms with E-state index in [1.54, 1.807) is 0 Å². The summed E-state index contributed by atoms with van der Waals surface area (Å²) in [7, 11) is 0. The van der Waals surface area contributed by atoms with Gasteiger partial charge in [-0.05, 0) is 65.7 Å². The average molecular weight is 563 g/mol. The van der Waals surface area contributed by atoms with Gasteiger partial charge in [-0.2, -0.15) is 0 Å². The molecule has 0 aliphatic heterocycles. The molecule has 0 bridgehead atoms. The molecule has 0 spiro atoms. The Bertz CT molecular complexity index is 2140. The Hall–Kier alpha value is -4.60. The van der Waals surface area contributed by atoms with E-state index in [0.717, 1.165) is 10.2 Å². The van der Waals surface area contributed by atoms with E-state index in [4.69, 9.17) is 0 Å². The molecule has 39 heavy (non-hydrogen) atoms. The molecular formula is C36H23BrN2. The maximum absolute atomic E-state index is 3.74. The number of rotatable bonds is 3. The summed E-state index contributed by atoms with van der Waals surface area (Å²) >= 11 is 3.74. The van der Waals surface area contributed by atoms with Crippen molar-refractivity contribution in [2.75, 3.05) is 0 Å². The van der Waals surface area contributed by atoms with Crippen LogP contribution in [0.5, 0.6) is 0 Å². The maximum atomic E-state index is 3.74. The van der Waals surface area contributed by atoms with E-state index in [0.29, 0.717) is 0 Å². The topological polar surface area (TPSA) is 9.86 Å². The van der Waals surface area contributed by atoms with Gasteiger partial charge >= 0.3 is 0 Å². The summed E-state index contributed by atoms with van der Waals surface area (Å²) in [6, 6.07) is 50.2. The minimum absolute atomic E-state index is 1.10. The van der Waals surface area contributed by atoms with Gasteiger partial charge in [0.25, 0.3) is 0 Å². The molecule has 2 aromatic heterocycles. The molecule has 2 heterocycles. The van der Waals surface area contributed by atoms with Gasteiger partial charge in [0.2, 0.25) is 0 Å². The molecule has 8 rings (SSSR count). The average Bonchev–Trinajstić information content (AvgIpc) is 3.50. The first-order valence-corrected chi connectivity index (χ1v) is 13.9. The monoisotopic (exact) mass is 562 g/mol. The quantitative estimate of drug-likeness (QED) is 0.202. The Morgan fingerprint density at radius 1 is 0.385 bits per heavy atom. The molecule has 0 unspecified atom stereocenters. The van der Waals surface area contributed by atoms with Crippen LogP contribution in [-0.2, 0) is 0 Å². The second-order valence-corrected chi connectivity index (χ2v) is 10.8. The second-order valence-electron chi connectivity index (χ2n) is 9.95. The zero-order valence-corrected chi connectivity index (χ0v) is 22.6. The molecule has 3 heteroatoms. The van der Waals surface area contributed by atoms with Gasteiger partial charge in [0.05, 0.1) is 22.1 Å². The molecule has 6 aromatic carbocycles. The third-order valence-electron chi connectivity index (χ3n) is 7.78. The fraction of sp³-hybridized carbons (Fsp3) is 0. The van der Waals surface area contributed by atoms with Crippen LogP contribution in [0.25, 0.3) is 66.1 Å². The van der Waals surface area contributed by atoms with Crippen LogP contribution in [0.1, 0.15) is 0 Å². The van der Waals surface area contributed by atoms with Crippen molar-refractivity contribution in [3.05, 3.63) is 144 Å². The summed E-state index contributed by atoms with van der Waals surface area (Å²) in [5, 5.41) is 5.05. The SMILES string of the molecule is Brc1ccccc1-c1cccc(-n2c3ccccc3c3cc(-n4c5ccccc5c5ccccc54)ccc32)c1. The normalized spacial score (nSPS) is 11.7. The smallest absolute Gasteiger partial charge is 0.0542 e. The highest BCUT2D eigenvalue weighted by Crippen LogP contribution is 2.37. The molecule has 0 atom stereocenters. The number of benzene rings is 6. The molecule has 0 fully saturated rings. The van der Waals surface area contributed by atoms with Crippen LogP contribution in [0.2, 0.25) is 0 Å². The highest BCUT2D eigenvalue weighted by atomic mass is 79.9. The highest BCUT2D eigenvalue weighted by molar-refractivity contribution is 9.10. The number of fused-ring (bicyclic) bond motifs is 6. The van der Waals surface area contributed by atoms with Crippen LogP contribution in [0.3, 0.4) is 0 Å². The summed E-state index contributed by atoms with van der Waals surface area (Å²) in [5.41, 5.74) is 9.55. The van der Waals surface area contributed by atoms with Crippen molar-refractivity contribution in [1.82, 2.24) is 9.13 Å². The van der Waals surface area contributed by atoms with Gasteiger partial charge in [-0.25, -0.2) is 0 Å². The second kappa shape index (κ2) is 8.72. The lowest BCUT2D eigenvalue weighted by Gasteiger charge is -2.12. The van der Waals surface area contributed by atoms with Crippen molar-refractivity contribution in [3.63, 3.8) is 0 Å². The molecule has 2 nitrogen and oxygen atoms in total. The van der Waals surface area contributed by atoms with Crippen molar-refractivity contribution in [2.24, 2.45) is 0 Å². The lowest BCUT2D eigenvalue weighted by molar-refractivity contribution is 1.17. The van der Waals surface area contributed by atoms with Crippen molar-refractivity contribution >= 4 is 59.5 Å². The molecule has 0 radical (unpaired) electrons. The van der Waals surface area contributed by atoms with E-state index in [9.17, 15) is 0 Å². The fourth-order valence-corrected chi connectivity index (χ4v) is 6.60. The van der Waals surface area contributed by atoms with Gasteiger partial charge in [0.1, 0.15) is 0 Å². The van der Waals surface area contributed by atoms with E-state index in [1.807, 2.05) is 0 Å². The Balaban J connectivity index is 1.39. The lowest BCUT2D eigenvalue weighted by Crippen LogP contribution is -1.96. The first-order chi connectivity index (χ1) is 19.3. The minimum atomic E-state index is 1.10. The van der Waals surface area contributed by atoms with Gasteiger partial charge in [-0.3, -0.25) is 0 Å². The van der Waals surface area contributed by atoms with Crippen molar-refractivity contribution in [2.45, 2.75) is 0 Å². The number of nitrogens with zero attached hydrogens (tertiary/aromatic N) is 2. The summed E-state index contributed by atoms with van der Waals surface area (Å²) in [4.78, 5) is 0. The fourth-order valence-electron chi connectivity index (χ4n) is 6.09. The van der Waals surface area contributed by atoms with Gasteiger partial charge in [-0.1, -0.05) is 101 Å². The van der Waals surface area contributed by atoms with Crippen molar-refractivity contribution in [3.8, 4) is 22.5 Å². The molecule has 0 saturated heterocycles. The summed E-state index contributed by atoms with van der Waals surface area (Å²) in [5.74, 6) is 0. The Kier molecular flexibility index (Phi) is 5.01. The highest BCUT2D eigenvalue weighted by Gasteiger charge is 2.16. The van der Waals surface area contributed by atoms with Crippen LogP contribution in [-0.4, -0.2) is 9.13 Å². The lowest BCUT2D eigenvalue weighted by atomic mass is 10.1. The van der Waals surface area contributed by atoms with Crippen LogP contribution in [0.4, 0.5) is 0 Å². The zero-order chi connectivity index (χ0) is 25.9. The minimum Gasteiger partial charge on any atom is -0.309 e. The summed E-state index contributed by atoms with van der Waals surface area (Å²) < 4.78 is 5.88. The van der Waals surface area contributed by atoms with Crippen molar-refractivity contribution in [1.29, 1.82) is 0 Å². The van der Waals surface area contributed by atoms with E-state index < -0.39 is 0 Å². The number of hydrogen-bond acceptors (Lipinski definition) is 0. The number of para-hydroxylation sites is 3. The third-order valence-corrected chi connectivity index (χ3v) is 8.48. The molecule has 0 saturated carbocycles. The first-order valence-electron chi connectivity index (χ1n) is 13.1. The Morgan fingerprint density at radius 2 is 0.897 bits per heavy atom. The van der Waals surface area contributed by atoms with Gasteiger partial charge in [0, 0.05) is 37.4 Å². The predicted octanol–water partition coefficient (Wildman–Crippen LogP) is 10.3. The largest absolute Gasteiger partial charge is 0.309 e. The van der Waals surface area contributed by atoms with E-state index in [1.165, 1.54) is 60.4 Å². The van der Waals surface area contributed by atoms with Gasteiger partial charge < -0.3 is 9.13 Å². The van der Waals surface area contributed by atoms with E-state index in [2.05, 4.69) is 165 Å². The number of hydrogen-bond donors (Lipinski definition) is 0. The molecule has 0 N–H and O–H groups in total. The maximum Gasteiger partial charge on any atom is 0.0542 e. The first kappa shape index (κ1) is 22.4. The van der Waals surface area contributed by atoms with Crippen LogP contribution in [0, 0.1) is 0 Å². The van der Waals surface area contributed by atoms with Gasteiger partial charge in [0.15, 0.2) is 0 Å². The molecule has 184 valence electrons. The Morgan fingerprint density at radius 3 is 1.54 bits per heavy atom. The predicted molar refractivity (Wildman–Crippen MR) is 168 cm³/mol. The molecule has 0 amide bonds. The van der Waals surface area contributed by atoms with Crippen LogP contribution < -0.4 is 0 Å². The van der Waals surface area contributed by atoms with Gasteiger partial charge in [-0.15, -0.1) is 0 Å². The van der Waals surface area contributed by atoms with Crippen LogP contribution in [0.15, 0.2) is 144 Å². The molecule has 0 aliphatic rings. The number of aromatic nitrogens is 2. The molecule has 8 aromatic rings. The van der Waals surface area contributed by atoms with Crippen LogP contribution >= 0.6 is 15.9 Å². The molecule has 0 aliphatic carbocycles. The Labute approximate surface area is 234 Å². The summed E-state index contributed by atoms with van der Waals surface area (Å²) in [6.45, 7) is 0. The third kappa shape index (κ3) is 3.40. The zero-order valence-electron chi connectivity index (χ0n) is 21.1. The standard InChI is InChI=1S/C36H23BrN2/c37-32-16-5-1-12-27(32)24-10-9-11-25(22-24)38-35-19-8-4-15-30(35)31-23-26(20-21-36(31)38)39-33-17-6-2-13-28(33)29-14-3-7-18-34(29)39/h1-23H.